The minimum Gasteiger partial charge on any atom is -0.508 e. The standard InChI is InChI=1S/C14H4F18O/c15-6-3-4(33)1-2-5(6)7(16,17)8(18,19)9(20,21)10(22,23)11(24,25)12(26,27)13(28,29)14(30,31)32/h1-3,33H. The average Bonchev–Trinajstić information content (AvgIpc) is 2.59. The molecule has 0 fully saturated rings. The molecule has 0 spiro atoms. The van der Waals surface area contributed by atoms with Crippen LogP contribution in [-0.4, -0.2) is 46.8 Å². The Morgan fingerprint density at radius 3 is 1.15 bits per heavy atom. The molecule has 19 heteroatoms. The molecule has 0 aliphatic carbocycles. The number of benzene rings is 1. The van der Waals surface area contributed by atoms with E-state index >= 15 is 0 Å². The normalized spacial score (nSPS) is 15.7. The number of phenolic OH excluding ortho intramolecular Hbond substituents is 1. The highest BCUT2D eigenvalue weighted by Gasteiger charge is 2.95. The van der Waals surface area contributed by atoms with Gasteiger partial charge in [-0.15, -0.1) is 0 Å². The van der Waals surface area contributed by atoms with Crippen molar-refractivity contribution in [3.05, 3.63) is 29.6 Å². The number of phenols is 1. The van der Waals surface area contributed by atoms with Crippen LogP contribution in [0.5, 0.6) is 5.75 Å². The molecule has 1 aromatic carbocycles. The zero-order valence-corrected chi connectivity index (χ0v) is 14.5. The van der Waals surface area contributed by atoms with Crippen molar-refractivity contribution in [2.24, 2.45) is 0 Å². The lowest BCUT2D eigenvalue weighted by atomic mass is 9.87. The molecule has 0 atom stereocenters. The highest BCUT2D eigenvalue weighted by molar-refractivity contribution is 5.33. The predicted molar refractivity (Wildman–Crippen MR) is 67.7 cm³/mol. The third-order valence-corrected chi connectivity index (χ3v) is 4.01. The van der Waals surface area contributed by atoms with Crippen LogP contribution in [0.3, 0.4) is 0 Å². The van der Waals surface area contributed by atoms with Gasteiger partial charge in [0, 0.05) is 6.07 Å². The molecule has 1 nitrogen and oxygen atoms in total. The van der Waals surface area contributed by atoms with Gasteiger partial charge in [0.15, 0.2) is 0 Å². The molecule has 0 saturated carbocycles. The van der Waals surface area contributed by atoms with E-state index in [4.69, 9.17) is 5.11 Å². The predicted octanol–water partition coefficient (Wildman–Crippen LogP) is 7.00. The SMILES string of the molecule is Oc1ccc(C(F)(F)C(F)(F)C(F)(F)C(F)(F)C(F)(F)C(F)(F)C(F)(F)C(F)(F)F)c(F)c1. The van der Waals surface area contributed by atoms with Gasteiger partial charge in [-0.2, -0.15) is 74.6 Å². The van der Waals surface area contributed by atoms with Gasteiger partial charge in [0.25, 0.3) is 0 Å². The van der Waals surface area contributed by atoms with Crippen molar-refractivity contribution in [3.8, 4) is 5.75 Å². The lowest BCUT2D eigenvalue weighted by Crippen LogP contribution is -2.74. The summed E-state index contributed by atoms with van der Waals surface area (Å²) in [4.78, 5) is 0. The molecular weight excluding hydrogens is 526 g/mol. The third-order valence-electron chi connectivity index (χ3n) is 4.01. The maximum absolute atomic E-state index is 13.8. The molecule has 0 radical (unpaired) electrons. The van der Waals surface area contributed by atoms with Gasteiger partial charge >= 0.3 is 47.6 Å². The number of halogens is 18. The van der Waals surface area contributed by atoms with E-state index in [1.54, 1.807) is 0 Å². The summed E-state index contributed by atoms with van der Waals surface area (Å²) in [6.07, 6.45) is -7.84. The van der Waals surface area contributed by atoms with Crippen molar-refractivity contribution in [3.63, 3.8) is 0 Å². The van der Waals surface area contributed by atoms with Crippen LogP contribution in [0.1, 0.15) is 5.56 Å². The Labute approximate surface area is 168 Å². The fraction of sp³-hybridized carbons (Fsp3) is 0.571. The van der Waals surface area contributed by atoms with Gasteiger partial charge in [-0.3, -0.25) is 0 Å². The van der Waals surface area contributed by atoms with E-state index < -0.39 is 76.9 Å². The molecule has 1 aromatic rings. The fourth-order valence-corrected chi connectivity index (χ4v) is 2.09. The summed E-state index contributed by atoms with van der Waals surface area (Å²) in [7, 11) is 0. The van der Waals surface area contributed by atoms with Crippen LogP contribution in [0.15, 0.2) is 18.2 Å². The van der Waals surface area contributed by atoms with Crippen LogP contribution in [-0.2, 0) is 5.92 Å². The van der Waals surface area contributed by atoms with E-state index in [-0.39, 0.29) is 6.07 Å². The van der Waals surface area contributed by atoms with Crippen LogP contribution in [0, 0.1) is 5.82 Å². The first-order valence-electron chi connectivity index (χ1n) is 7.36. The van der Waals surface area contributed by atoms with E-state index in [1.165, 1.54) is 0 Å². The minimum absolute atomic E-state index is 0.134. The molecule has 1 rings (SSSR count). The summed E-state index contributed by atoms with van der Waals surface area (Å²) < 4.78 is 236. The molecule has 0 aliphatic rings. The van der Waals surface area contributed by atoms with Gasteiger partial charge in [-0.25, -0.2) is 4.39 Å². The maximum atomic E-state index is 13.8. The summed E-state index contributed by atoms with van der Waals surface area (Å²) in [5, 5.41) is 8.75. The second kappa shape index (κ2) is 7.38. The van der Waals surface area contributed by atoms with Crippen LogP contribution in [0.25, 0.3) is 0 Å². The zero-order chi connectivity index (χ0) is 26.9. The lowest BCUT2D eigenvalue weighted by molar-refractivity contribution is -0.462. The van der Waals surface area contributed by atoms with Gasteiger partial charge < -0.3 is 5.11 Å². The number of aromatic hydroxyl groups is 1. The third kappa shape index (κ3) is 3.60. The fourth-order valence-electron chi connectivity index (χ4n) is 2.09. The van der Waals surface area contributed by atoms with Crippen molar-refractivity contribution in [2.45, 2.75) is 47.6 Å². The van der Waals surface area contributed by atoms with Gasteiger partial charge in [0.05, 0.1) is 5.56 Å². The molecule has 0 amide bonds. The second-order valence-corrected chi connectivity index (χ2v) is 6.18. The first-order chi connectivity index (χ1) is 14.2. The molecule has 0 bridgehead atoms. The van der Waals surface area contributed by atoms with Crippen molar-refractivity contribution in [2.75, 3.05) is 0 Å². The Hall–Kier alpha value is -2.24. The topological polar surface area (TPSA) is 20.2 Å². The van der Waals surface area contributed by atoms with Crippen LogP contribution in [0.2, 0.25) is 0 Å². The molecule has 0 heterocycles. The van der Waals surface area contributed by atoms with Crippen LogP contribution >= 0.6 is 0 Å². The second-order valence-electron chi connectivity index (χ2n) is 6.18. The number of hydrogen-bond acceptors (Lipinski definition) is 1. The number of rotatable bonds is 7. The molecule has 1 N–H and O–H groups in total. The summed E-state index contributed by atoms with van der Waals surface area (Å²) in [5.41, 5.74) is -3.00. The Balaban J connectivity index is 3.76. The Bertz CT molecular complexity index is 883. The van der Waals surface area contributed by atoms with E-state index in [9.17, 15) is 79.0 Å². The van der Waals surface area contributed by atoms with Gasteiger partial charge in [0.1, 0.15) is 11.6 Å². The smallest absolute Gasteiger partial charge is 0.460 e. The maximum Gasteiger partial charge on any atom is 0.460 e. The van der Waals surface area contributed by atoms with Crippen molar-refractivity contribution >= 4 is 0 Å². The van der Waals surface area contributed by atoms with Crippen LogP contribution in [0.4, 0.5) is 79.0 Å². The molecule has 0 aromatic heterocycles. The summed E-state index contributed by atoms with van der Waals surface area (Å²) >= 11 is 0. The molecule has 0 unspecified atom stereocenters. The van der Waals surface area contributed by atoms with Crippen molar-refractivity contribution < 1.29 is 84.1 Å². The van der Waals surface area contributed by atoms with E-state index in [2.05, 4.69) is 0 Å². The first-order valence-corrected chi connectivity index (χ1v) is 7.36. The van der Waals surface area contributed by atoms with Gasteiger partial charge in [-0.05, 0) is 12.1 Å². The van der Waals surface area contributed by atoms with E-state index in [0.29, 0.717) is 0 Å². The summed E-state index contributed by atoms with van der Waals surface area (Å²) in [6.45, 7) is 0. The molecule has 0 aliphatic heterocycles. The summed E-state index contributed by atoms with van der Waals surface area (Å²) in [6, 6.07) is -1.29. The molecule has 33 heavy (non-hydrogen) atoms. The van der Waals surface area contributed by atoms with Gasteiger partial charge in [0.2, 0.25) is 0 Å². The van der Waals surface area contributed by atoms with Gasteiger partial charge in [-0.1, -0.05) is 0 Å². The number of hydrogen-bond donors (Lipinski definition) is 1. The first kappa shape index (κ1) is 28.8. The Morgan fingerprint density at radius 2 is 0.818 bits per heavy atom. The average molecular weight is 530 g/mol. The molecule has 0 saturated heterocycles. The molecular formula is C14H4F18O. The van der Waals surface area contributed by atoms with Crippen molar-refractivity contribution in [1.29, 1.82) is 0 Å². The van der Waals surface area contributed by atoms with Crippen molar-refractivity contribution in [1.82, 2.24) is 0 Å². The lowest BCUT2D eigenvalue weighted by Gasteiger charge is -2.42. The quantitative estimate of drug-likeness (QED) is 0.377. The number of alkyl halides is 17. The summed E-state index contributed by atoms with van der Waals surface area (Å²) in [5.74, 6) is -62.0. The highest BCUT2D eigenvalue weighted by Crippen LogP contribution is 2.65. The highest BCUT2D eigenvalue weighted by atomic mass is 19.4. The zero-order valence-electron chi connectivity index (χ0n) is 14.5. The largest absolute Gasteiger partial charge is 0.508 e. The minimum atomic E-state index is -8.75. The monoisotopic (exact) mass is 530 g/mol. The van der Waals surface area contributed by atoms with Crippen LogP contribution < -0.4 is 0 Å². The Kier molecular flexibility index (Phi) is 6.44. The van der Waals surface area contributed by atoms with E-state index in [0.717, 1.165) is 0 Å². The van der Waals surface area contributed by atoms with E-state index in [1.807, 2.05) is 0 Å². The Morgan fingerprint density at radius 1 is 0.485 bits per heavy atom. The molecule has 192 valence electrons.